The van der Waals surface area contributed by atoms with Crippen LogP contribution in [0.2, 0.25) is 0 Å². The molecule has 78 valence electrons. The van der Waals surface area contributed by atoms with Crippen LogP contribution >= 0.6 is 15.9 Å². The number of hydrogen-bond donors (Lipinski definition) is 0. The third-order valence-corrected chi connectivity index (χ3v) is 1.98. The molecule has 0 aliphatic heterocycles. The summed E-state index contributed by atoms with van der Waals surface area (Å²) in [6.07, 6.45) is 0. The van der Waals surface area contributed by atoms with Crippen molar-refractivity contribution in [3.63, 3.8) is 0 Å². The zero-order chi connectivity index (χ0) is 10.7. The monoisotopic (exact) mass is 304 g/mol. The Bertz CT molecular complexity index is 292. The van der Waals surface area contributed by atoms with E-state index in [9.17, 15) is 26.5 Å². The van der Waals surface area contributed by atoms with Gasteiger partial charge in [-0.3, -0.25) is 0 Å². The number of ether oxygens (including phenoxy) is 1. The van der Waals surface area contributed by atoms with Crippen molar-refractivity contribution in [3.8, 4) is 0 Å². The van der Waals surface area contributed by atoms with Gasteiger partial charge in [-0.05, 0) is 0 Å². The van der Waals surface area contributed by atoms with E-state index in [1.165, 1.54) is 0 Å². The van der Waals surface area contributed by atoms with E-state index in [0.717, 1.165) is 0 Å². The Labute approximate surface area is 109 Å². The van der Waals surface area contributed by atoms with Gasteiger partial charge in [-0.15, -0.1) is 0 Å². The van der Waals surface area contributed by atoms with Crippen LogP contribution in [0.1, 0.15) is 0 Å². The van der Waals surface area contributed by atoms with Gasteiger partial charge in [0.05, 0.1) is 0 Å². The average molecular weight is 305 g/mol. The van der Waals surface area contributed by atoms with E-state index >= 15 is 0 Å². The minimum atomic E-state index is -6.01. The second-order valence-electron chi connectivity index (χ2n) is 1.80. The van der Waals surface area contributed by atoms with Crippen molar-refractivity contribution >= 4 is 32.0 Å². The molecule has 0 fully saturated rings. The standard InChI is InChI=1S/C4H5BrF2O5S.Na/c5-1-2-12-3(8)4(6,7)13(9,10)11;/h1-2H2,(H,9,10,11);/q;+1/p-1. The number of esters is 1. The molecule has 5 nitrogen and oxygen atoms in total. The van der Waals surface area contributed by atoms with Crippen molar-refractivity contribution in [2.24, 2.45) is 0 Å². The number of carbonyl (C=O) groups is 1. The first-order valence-electron chi connectivity index (χ1n) is 2.80. The van der Waals surface area contributed by atoms with Crippen LogP contribution in [0.15, 0.2) is 0 Å². The molecule has 0 aliphatic carbocycles. The van der Waals surface area contributed by atoms with E-state index in [-0.39, 0.29) is 34.9 Å². The topological polar surface area (TPSA) is 83.5 Å². The maximum absolute atomic E-state index is 12.3. The van der Waals surface area contributed by atoms with Crippen LogP contribution in [0.25, 0.3) is 0 Å². The van der Waals surface area contributed by atoms with E-state index in [2.05, 4.69) is 20.7 Å². The summed E-state index contributed by atoms with van der Waals surface area (Å²) in [6.45, 7) is -0.441. The molecule has 0 heterocycles. The average Bonchev–Trinajstić information content (AvgIpc) is 1.97. The molecule has 0 atom stereocenters. The molecule has 0 aromatic carbocycles. The van der Waals surface area contributed by atoms with Crippen molar-refractivity contribution in [2.75, 3.05) is 11.9 Å². The van der Waals surface area contributed by atoms with Crippen LogP contribution in [0, 0.1) is 0 Å². The normalized spacial score (nSPS) is 11.7. The summed E-state index contributed by atoms with van der Waals surface area (Å²) < 4.78 is 57.8. The molecular weight excluding hydrogens is 301 g/mol. The molecule has 0 rings (SSSR count). The molecule has 14 heavy (non-hydrogen) atoms. The van der Waals surface area contributed by atoms with Gasteiger partial charge < -0.3 is 9.29 Å². The maximum atomic E-state index is 12.3. The fourth-order valence-corrected chi connectivity index (χ4v) is 0.742. The maximum Gasteiger partial charge on any atom is 1.00 e. The van der Waals surface area contributed by atoms with Gasteiger partial charge in [0.15, 0.2) is 10.1 Å². The Morgan fingerprint density at radius 1 is 1.50 bits per heavy atom. The quantitative estimate of drug-likeness (QED) is 0.240. The second-order valence-corrected chi connectivity index (χ2v) is 4.01. The van der Waals surface area contributed by atoms with E-state index in [1.807, 2.05) is 0 Å². The molecule has 0 radical (unpaired) electrons. The Hall–Kier alpha value is 0.720. The predicted molar refractivity (Wildman–Crippen MR) is 39.4 cm³/mol. The smallest absolute Gasteiger partial charge is 0.743 e. The Morgan fingerprint density at radius 2 is 1.93 bits per heavy atom. The van der Waals surface area contributed by atoms with Crippen LogP contribution in [0.5, 0.6) is 0 Å². The minimum Gasteiger partial charge on any atom is -0.743 e. The zero-order valence-corrected chi connectivity index (χ0v) is 11.4. The van der Waals surface area contributed by atoms with Gasteiger partial charge in [0.1, 0.15) is 6.61 Å². The summed E-state index contributed by atoms with van der Waals surface area (Å²) in [4.78, 5) is 10.3. The van der Waals surface area contributed by atoms with Crippen LogP contribution in [0.3, 0.4) is 0 Å². The van der Waals surface area contributed by atoms with E-state index in [1.54, 1.807) is 0 Å². The van der Waals surface area contributed by atoms with Crippen molar-refractivity contribution in [2.45, 2.75) is 5.25 Å². The molecule has 0 amide bonds. The van der Waals surface area contributed by atoms with Crippen LogP contribution < -0.4 is 29.6 Å². The van der Waals surface area contributed by atoms with Crippen LogP contribution in [-0.2, 0) is 19.6 Å². The number of alkyl halides is 3. The van der Waals surface area contributed by atoms with Gasteiger partial charge in [0.2, 0.25) is 0 Å². The van der Waals surface area contributed by atoms with Gasteiger partial charge in [0.25, 0.3) is 0 Å². The molecule has 0 saturated carbocycles. The number of halogens is 3. The predicted octanol–water partition coefficient (Wildman–Crippen LogP) is -2.93. The first kappa shape index (κ1) is 17.1. The molecule has 0 aliphatic rings. The largest absolute Gasteiger partial charge is 1.00 e. The molecule has 0 aromatic rings. The van der Waals surface area contributed by atoms with Crippen molar-refractivity contribution in [1.29, 1.82) is 0 Å². The van der Waals surface area contributed by atoms with Gasteiger partial charge >= 0.3 is 40.8 Å². The first-order valence-corrected chi connectivity index (χ1v) is 5.33. The third kappa shape index (κ3) is 4.49. The summed E-state index contributed by atoms with van der Waals surface area (Å²) in [5.74, 6) is -2.36. The summed E-state index contributed by atoms with van der Waals surface area (Å²) in [5, 5.41) is -4.96. The Balaban J connectivity index is 0. The number of carbonyl (C=O) groups excluding carboxylic acids is 1. The van der Waals surface area contributed by atoms with Crippen molar-refractivity contribution in [3.05, 3.63) is 0 Å². The molecule has 10 heteroatoms. The molecule has 0 aromatic heterocycles. The second kappa shape index (κ2) is 6.33. The molecule has 0 saturated heterocycles. The zero-order valence-electron chi connectivity index (χ0n) is 7.00. The molecule has 0 N–H and O–H groups in total. The van der Waals surface area contributed by atoms with Crippen LogP contribution in [0.4, 0.5) is 8.78 Å². The summed E-state index contributed by atoms with van der Waals surface area (Å²) in [6, 6.07) is 0. The Morgan fingerprint density at radius 3 is 2.21 bits per heavy atom. The van der Waals surface area contributed by atoms with Gasteiger partial charge in [-0.25, -0.2) is 13.2 Å². The van der Waals surface area contributed by atoms with Gasteiger partial charge in [-0.2, -0.15) is 8.78 Å². The van der Waals surface area contributed by atoms with E-state index in [0.29, 0.717) is 0 Å². The molecule has 0 unspecified atom stereocenters. The number of rotatable bonds is 4. The van der Waals surface area contributed by atoms with Crippen LogP contribution in [-0.4, -0.2) is 36.1 Å². The van der Waals surface area contributed by atoms with Crippen molar-refractivity contribution in [1.82, 2.24) is 0 Å². The summed E-state index contributed by atoms with van der Waals surface area (Å²) >= 11 is 2.75. The minimum absolute atomic E-state index is 0. The van der Waals surface area contributed by atoms with Crippen molar-refractivity contribution < 1.29 is 60.8 Å². The van der Waals surface area contributed by atoms with E-state index < -0.39 is 27.9 Å². The Kier molecular flexibility index (Phi) is 7.75. The summed E-state index contributed by atoms with van der Waals surface area (Å²) in [5.41, 5.74) is 0. The van der Waals surface area contributed by atoms with Gasteiger partial charge in [0, 0.05) is 5.33 Å². The first-order chi connectivity index (χ1) is 5.73. The molecule has 0 bridgehead atoms. The number of hydrogen-bond acceptors (Lipinski definition) is 5. The fourth-order valence-electron chi connectivity index (χ4n) is 0.317. The van der Waals surface area contributed by atoms with E-state index in [4.69, 9.17) is 0 Å². The van der Waals surface area contributed by atoms with Gasteiger partial charge in [-0.1, -0.05) is 15.9 Å². The SMILES string of the molecule is O=C(OCCBr)C(F)(F)S(=O)(=O)[O-].[Na+]. The molecular formula is C4H4BrF2NaO5S. The fraction of sp³-hybridized carbons (Fsp3) is 0.750. The third-order valence-electron chi connectivity index (χ3n) is 0.862. The summed E-state index contributed by atoms with van der Waals surface area (Å²) in [7, 11) is -6.01. The molecule has 0 spiro atoms.